The molecule has 104 valence electrons. The van der Waals surface area contributed by atoms with E-state index in [1.54, 1.807) is 12.0 Å². The number of ether oxygens (including phenoxy) is 2. The highest BCUT2D eigenvalue weighted by Crippen LogP contribution is 2.12. The van der Waals surface area contributed by atoms with Crippen LogP contribution in [0.3, 0.4) is 0 Å². The highest BCUT2D eigenvalue weighted by Gasteiger charge is 2.26. The fourth-order valence-corrected chi connectivity index (χ4v) is 1.88. The number of nitrogens with zero attached hydrogens (tertiary/aromatic N) is 1. The summed E-state index contributed by atoms with van der Waals surface area (Å²) in [6.45, 7) is 1.10. The fourth-order valence-electron chi connectivity index (χ4n) is 1.88. The zero-order valence-electron chi connectivity index (χ0n) is 10.7. The lowest BCUT2D eigenvalue weighted by Gasteiger charge is -2.32. The quantitative estimate of drug-likeness (QED) is 0.721. The van der Waals surface area contributed by atoms with Gasteiger partial charge in [0.1, 0.15) is 0 Å². The second kappa shape index (κ2) is 7.17. The van der Waals surface area contributed by atoms with Crippen molar-refractivity contribution in [3.05, 3.63) is 0 Å². The number of likely N-dealkylation sites (tertiary alicyclic amines) is 1. The van der Waals surface area contributed by atoms with Crippen LogP contribution in [0.4, 0.5) is 4.79 Å². The number of carbonyl (C=O) groups excluding carboxylic acids is 1. The van der Waals surface area contributed by atoms with Gasteiger partial charge in [-0.1, -0.05) is 0 Å². The average Bonchev–Trinajstić information content (AvgIpc) is 2.38. The van der Waals surface area contributed by atoms with Crippen molar-refractivity contribution < 1.29 is 24.2 Å². The molecule has 18 heavy (non-hydrogen) atoms. The number of carboxylic acid groups (broad SMARTS) is 1. The second-order valence-electron chi connectivity index (χ2n) is 4.22. The lowest BCUT2D eigenvalue weighted by atomic mass is 10.1. The van der Waals surface area contributed by atoms with Crippen molar-refractivity contribution in [2.45, 2.75) is 25.0 Å². The molecule has 1 saturated heterocycles. The predicted molar refractivity (Wildman–Crippen MR) is 63.4 cm³/mol. The minimum atomic E-state index is -1.10. The molecule has 2 amide bonds. The van der Waals surface area contributed by atoms with E-state index in [0.29, 0.717) is 13.1 Å². The van der Waals surface area contributed by atoms with E-state index in [4.69, 9.17) is 14.6 Å². The van der Waals surface area contributed by atoms with Crippen LogP contribution in [0.15, 0.2) is 0 Å². The Morgan fingerprint density at radius 2 is 2.00 bits per heavy atom. The van der Waals surface area contributed by atoms with Crippen LogP contribution in [0.2, 0.25) is 0 Å². The molecule has 0 aromatic heterocycles. The number of methoxy groups -OCH3 is 2. The van der Waals surface area contributed by atoms with Crippen LogP contribution >= 0.6 is 0 Å². The lowest BCUT2D eigenvalue weighted by molar-refractivity contribution is -0.140. The number of hydrogen-bond donors (Lipinski definition) is 2. The smallest absolute Gasteiger partial charge is 0.328 e. The molecule has 0 bridgehead atoms. The Labute approximate surface area is 106 Å². The monoisotopic (exact) mass is 260 g/mol. The van der Waals surface area contributed by atoms with E-state index in [1.165, 1.54) is 7.11 Å². The molecular formula is C11H20N2O5. The number of piperidine rings is 1. The SMILES string of the molecule is COCC(NC(=O)N1CCC(OC)CC1)C(=O)O. The molecule has 7 nitrogen and oxygen atoms in total. The normalized spacial score (nSPS) is 18.4. The minimum Gasteiger partial charge on any atom is -0.480 e. The summed E-state index contributed by atoms with van der Waals surface area (Å²) in [5.41, 5.74) is 0. The van der Waals surface area contributed by atoms with Gasteiger partial charge in [0, 0.05) is 27.3 Å². The number of nitrogens with one attached hydrogen (secondary N) is 1. The first-order chi connectivity index (χ1) is 8.58. The number of carbonyl (C=O) groups is 2. The second-order valence-corrected chi connectivity index (χ2v) is 4.22. The van der Waals surface area contributed by atoms with Crippen LogP contribution in [0.1, 0.15) is 12.8 Å². The molecule has 1 rings (SSSR count). The van der Waals surface area contributed by atoms with E-state index in [1.807, 2.05) is 0 Å². The van der Waals surface area contributed by atoms with Gasteiger partial charge in [0.05, 0.1) is 12.7 Å². The van der Waals surface area contributed by atoms with Gasteiger partial charge in [0.2, 0.25) is 0 Å². The summed E-state index contributed by atoms with van der Waals surface area (Å²) in [4.78, 5) is 24.3. The van der Waals surface area contributed by atoms with Crippen LogP contribution in [0.25, 0.3) is 0 Å². The summed E-state index contributed by atoms with van der Waals surface area (Å²) in [6.07, 6.45) is 1.72. The Kier molecular flexibility index (Phi) is 5.87. The molecule has 1 unspecified atom stereocenters. The van der Waals surface area contributed by atoms with E-state index in [0.717, 1.165) is 12.8 Å². The molecule has 1 fully saturated rings. The Morgan fingerprint density at radius 1 is 1.39 bits per heavy atom. The van der Waals surface area contributed by atoms with Gasteiger partial charge in [0.25, 0.3) is 0 Å². The van der Waals surface area contributed by atoms with Gasteiger partial charge in [-0.05, 0) is 12.8 Å². The molecule has 0 saturated carbocycles. The topological polar surface area (TPSA) is 88.1 Å². The largest absolute Gasteiger partial charge is 0.480 e. The van der Waals surface area contributed by atoms with Gasteiger partial charge in [-0.25, -0.2) is 9.59 Å². The maximum absolute atomic E-state index is 11.8. The summed E-state index contributed by atoms with van der Waals surface area (Å²) < 4.78 is 9.96. The predicted octanol–water partition coefficient (Wildman–Crippen LogP) is -0.0936. The van der Waals surface area contributed by atoms with Gasteiger partial charge < -0.3 is 24.8 Å². The maximum Gasteiger partial charge on any atom is 0.328 e. The number of rotatable bonds is 5. The molecule has 0 spiro atoms. The summed E-state index contributed by atoms with van der Waals surface area (Å²) in [5.74, 6) is -1.10. The minimum absolute atomic E-state index is 0.0460. The van der Waals surface area contributed by atoms with E-state index < -0.39 is 12.0 Å². The van der Waals surface area contributed by atoms with Crippen LogP contribution < -0.4 is 5.32 Å². The number of aliphatic carboxylic acids is 1. The molecule has 1 aliphatic rings. The molecule has 1 heterocycles. The third-order valence-electron chi connectivity index (χ3n) is 2.99. The highest BCUT2D eigenvalue weighted by atomic mass is 16.5. The van der Waals surface area contributed by atoms with Gasteiger partial charge >= 0.3 is 12.0 Å². The van der Waals surface area contributed by atoms with E-state index in [9.17, 15) is 9.59 Å². The summed E-state index contributed by atoms with van der Waals surface area (Å²) in [7, 11) is 3.05. The van der Waals surface area contributed by atoms with Crippen molar-refractivity contribution in [2.75, 3.05) is 33.9 Å². The first kappa shape index (κ1) is 14.7. The van der Waals surface area contributed by atoms with E-state index >= 15 is 0 Å². The molecule has 2 N–H and O–H groups in total. The summed E-state index contributed by atoms with van der Waals surface area (Å²) in [5, 5.41) is 11.3. The molecule has 7 heteroatoms. The van der Waals surface area contributed by atoms with Crippen LogP contribution in [-0.2, 0) is 14.3 Å². The Bertz CT molecular complexity index is 289. The van der Waals surface area contributed by atoms with Crippen molar-refractivity contribution in [2.24, 2.45) is 0 Å². The van der Waals surface area contributed by atoms with Crippen LogP contribution in [0.5, 0.6) is 0 Å². The number of hydrogen-bond acceptors (Lipinski definition) is 4. The zero-order chi connectivity index (χ0) is 13.5. The fraction of sp³-hybridized carbons (Fsp3) is 0.818. The van der Waals surface area contributed by atoms with Gasteiger partial charge in [-0.3, -0.25) is 0 Å². The Morgan fingerprint density at radius 3 is 2.44 bits per heavy atom. The molecule has 0 aromatic carbocycles. The Balaban J connectivity index is 2.42. The number of amides is 2. The molecule has 1 aliphatic heterocycles. The Hall–Kier alpha value is -1.34. The molecule has 0 aromatic rings. The van der Waals surface area contributed by atoms with E-state index in [2.05, 4.69) is 5.32 Å². The standard InChI is InChI=1S/C11H20N2O5/c1-17-7-9(10(14)15)12-11(16)13-5-3-8(18-2)4-6-13/h8-9H,3-7H2,1-2H3,(H,12,16)(H,14,15). The molecular weight excluding hydrogens is 240 g/mol. The average molecular weight is 260 g/mol. The van der Waals surface area contributed by atoms with Crippen LogP contribution in [-0.4, -0.2) is 68.1 Å². The van der Waals surface area contributed by atoms with Crippen molar-refractivity contribution in [3.8, 4) is 0 Å². The lowest BCUT2D eigenvalue weighted by Crippen LogP contribution is -2.52. The maximum atomic E-state index is 11.8. The summed E-state index contributed by atoms with van der Waals surface area (Å²) >= 11 is 0. The first-order valence-electron chi connectivity index (χ1n) is 5.88. The number of urea groups is 1. The van der Waals surface area contributed by atoms with Crippen molar-refractivity contribution in [1.29, 1.82) is 0 Å². The van der Waals surface area contributed by atoms with Crippen molar-refractivity contribution in [3.63, 3.8) is 0 Å². The van der Waals surface area contributed by atoms with E-state index in [-0.39, 0.29) is 18.7 Å². The zero-order valence-corrected chi connectivity index (χ0v) is 10.7. The van der Waals surface area contributed by atoms with Gasteiger partial charge in [-0.15, -0.1) is 0 Å². The van der Waals surface area contributed by atoms with Gasteiger partial charge in [-0.2, -0.15) is 0 Å². The third kappa shape index (κ3) is 4.15. The third-order valence-corrected chi connectivity index (χ3v) is 2.99. The number of carboxylic acids is 1. The molecule has 0 radical (unpaired) electrons. The van der Waals surface area contributed by atoms with Crippen molar-refractivity contribution >= 4 is 12.0 Å². The van der Waals surface area contributed by atoms with Gasteiger partial charge in [0.15, 0.2) is 6.04 Å². The van der Waals surface area contributed by atoms with Crippen molar-refractivity contribution in [1.82, 2.24) is 10.2 Å². The highest BCUT2D eigenvalue weighted by molar-refractivity contribution is 5.82. The molecule has 0 aliphatic carbocycles. The first-order valence-corrected chi connectivity index (χ1v) is 5.88. The van der Waals surface area contributed by atoms with Crippen LogP contribution in [0, 0.1) is 0 Å². The molecule has 1 atom stereocenters. The summed E-state index contributed by atoms with van der Waals surface area (Å²) in [6, 6.07) is -1.38.